The molecule has 0 aromatic heterocycles. The van der Waals surface area contributed by atoms with Gasteiger partial charge < -0.3 is 11.0 Å². The molecule has 5 heavy (non-hydrogen) atoms. The molecule has 0 saturated heterocycles. The fraction of sp³-hybridized carbons (Fsp3) is 0. The number of hydrogen-bond acceptors (Lipinski definition) is 0. The normalized spacial score (nSPS) is 0. The topological polar surface area (TPSA) is 57.0 Å². The summed E-state index contributed by atoms with van der Waals surface area (Å²) in [6, 6.07) is 0. The molecule has 16 valence electrons. The first-order chi connectivity index (χ1) is 0. The Morgan fingerprint density at radius 1 is 0.400 bits per heavy atom. The van der Waals surface area contributed by atoms with Crippen LogP contribution in [0.25, 0.3) is 0 Å². The molecule has 0 aliphatic rings. The van der Waals surface area contributed by atoms with E-state index in [-0.39, 0.29) is 69.4 Å². The van der Waals surface area contributed by atoms with Crippen molar-refractivity contribution in [3.63, 3.8) is 0 Å². The first-order valence-corrected chi connectivity index (χ1v) is 0. The SMILES string of the molecule is [O-2].[O-2].[Zn+2].[Zn+2].[Zn+2]. The maximum Gasteiger partial charge on any atom is 2.00 e. The zero-order chi connectivity index (χ0) is 0. The molecule has 0 rings (SSSR count). The van der Waals surface area contributed by atoms with Crippen molar-refractivity contribution < 1.29 is 69.4 Å². The summed E-state index contributed by atoms with van der Waals surface area (Å²) in [4.78, 5) is 0. The van der Waals surface area contributed by atoms with Crippen molar-refractivity contribution in [3.8, 4) is 0 Å². The minimum absolute atomic E-state index is 0. The summed E-state index contributed by atoms with van der Waals surface area (Å²) in [6.07, 6.45) is 0. The maximum atomic E-state index is 0. The van der Waals surface area contributed by atoms with Crippen LogP contribution in [0.3, 0.4) is 0 Å². The number of rotatable bonds is 0. The molecule has 0 unspecified atom stereocenters. The summed E-state index contributed by atoms with van der Waals surface area (Å²) in [5.74, 6) is 0. The van der Waals surface area contributed by atoms with Gasteiger partial charge in [0.2, 0.25) is 0 Å². The molecule has 0 saturated carbocycles. The summed E-state index contributed by atoms with van der Waals surface area (Å²) in [6.45, 7) is 0. The van der Waals surface area contributed by atoms with E-state index in [1.54, 1.807) is 0 Å². The molecule has 0 bridgehead atoms. The van der Waals surface area contributed by atoms with Crippen LogP contribution in [0.15, 0.2) is 0 Å². The van der Waals surface area contributed by atoms with Crippen LogP contribution in [-0.4, -0.2) is 0 Å². The van der Waals surface area contributed by atoms with Crippen LogP contribution in [0, 0.1) is 0 Å². The van der Waals surface area contributed by atoms with Gasteiger partial charge in [0.15, 0.2) is 0 Å². The second-order valence-electron chi connectivity index (χ2n) is 0. The Hall–Kier alpha value is 1.79. The predicted molar refractivity (Wildman–Crippen MR) is 1.37 cm³/mol. The van der Waals surface area contributed by atoms with E-state index in [2.05, 4.69) is 0 Å². The van der Waals surface area contributed by atoms with Gasteiger partial charge in [-0.1, -0.05) is 0 Å². The molecule has 0 radical (unpaired) electrons. The Labute approximate surface area is 69.0 Å². The monoisotopic (exact) mass is 224 g/mol. The van der Waals surface area contributed by atoms with Gasteiger partial charge in [0, 0.05) is 0 Å². The molecular formula is O2Zn3+2. The Kier molecular flexibility index (Phi) is 589. The van der Waals surface area contributed by atoms with Crippen LogP contribution in [0.5, 0.6) is 0 Å². The van der Waals surface area contributed by atoms with Crippen molar-refractivity contribution >= 4 is 0 Å². The van der Waals surface area contributed by atoms with E-state index in [4.69, 9.17) is 0 Å². The molecule has 0 aliphatic heterocycles. The van der Waals surface area contributed by atoms with Crippen LogP contribution >= 0.6 is 0 Å². The van der Waals surface area contributed by atoms with Gasteiger partial charge in [0.1, 0.15) is 0 Å². The fourth-order valence-corrected chi connectivity index (χ4v) is 0. The minimum atomic E-state index is 0. The van der Waals surface area contributed by atoms with Crippen LogP contribution in [0.2, 0.25) is 0 Å². The Bertz CT molecular complexity index is 4.85. The molecule has 0 N–H and O–H groups in total. The molecule has 0 amide bonds. The second kappa shape index (κ2) is 41.5. The van der Waals surface area contributed by atoms with Crippen LogP contribution in [0.4, 0.5) is 0 Å². The third kappa shape index (κ3) is 26.0. The van der Waals surface area contributed by atoms with Crippen molar-refractivity contribution in [1.82, 2.24) is 0 Å². The van der Waals surface area contributed by atoms with E-state index >= 15 is 0 Å². The Balaban J connectivity index is 0. The fourth-order valence-electron chi connectivity index (χ4n) is 0. The quantitative estimate of drug-likeness (QED) is 0.514. The molecule has 0 aromatic rings. The van der Waals surface area contributed by atoms with Gasteiger partial charge in [0.05, 0.1) is 0 Å². The van der Waals surface area contributed by atoms with Gasteiger partial charge in [-0.15, -0.1) is 0 Å². The average Bonchev–Trinajstić information content (AvgIpc) is 0. The summed E-state index contributed by atoms with van der Waals surface area (Å²) in [5, 5.41) is 0. The third-order valence-electron chi connectivity index (χ3n) is 0. The summed E-state index contributed by atoms with van der Waals surface area (Å²) < 4.78 is 0. The molecule has 0 aliphatic carbocycles. The molecular weight excluding hydrogens is 228 g/mol. The second-order valence-corrected chi connectivity index (χ2v) is 0. The molecule has 0 aromatic carbocycles. The largest absolute Gasteiger partial charge is 2.00 e. The van der Waals surface area contributed by atoms with Gasteiger partial charge in [0.25, 0.3) is 0 Å². The zero-order valence-electron chi connectivity index (χ0n) is 2.94. The first-order valence-electron chi connectivity index (χ1n) is 0. The molecule has 0 atom stereocenters. The zero-order valence-corrected chi connectivity index (χ0v) is 11.8. The smallest absolute Gasteiger partial charge is 2.00 e. The van der Waals surface area contributed by atoms with Gasteiger partial charge >= 0.3 is 58.4 Å². The molecule has 0 heterocycles. The van der Waals surface area contributed by atoms with Crippen molar-refractivity contribution in [1.29, 1.82) is 0 Å². The summed E-state index contributed by atoms with van der Waals surface area (Å²) in [7, 11) is 0. The average molecular weight is 228 g/mol. The molecule has 0 fully saturated rings. The standard InChI is InChI=1S/2O.3Zn/q2*-2;3*+2. The van der Waals surface area contributed by atoms with Gasteiger partial charge in [-0.3, -0.25) is 0 Å². The Morgan fingerprint density at radius 3 is 0.400 bits per heavy atom. The van der Waals surface area contributed by atoms with E-state index in [1.165, 1.54) is 0 Å². The van der Waals surface area contributed by atoms with Gasteiger partial charge in [-0.25, -0.2) is 0 Å². The maximum absolute atomic E-state index is 0. The van der Waals surface area contributed by atoms with Crippen LogP contribution in [0.1, 0.15) is 0 Å². The van der Waals surface area contributed by atoms with Gasteiger partial charge in [-0.2, -0.15) is 0 Å². The minimum Gasteiger partial charge on any atom is -2.00 e. The Morgan fingerprint density at radius 2 is 0.400 bits per heavy atom. The van der Waals surface area contributed by atoms with Crippen molar-refractivity contribution in [2.45, 2.75) is 0 Å². The number of hydrogen-bond donors (Lipinski definition) is 0. The van der Waals surface area contributed by atoms with Crippen molar-refractivity contribution in [2.24, 2.45) is 0 Å². The van der Waals surface area contributed by atoms with E-state index in [0.717, 1.165) is 0 Å². The van der Waals surface area contributed by atoms with Crippen LogP contribution < -0.4 is 0 Å². The van der Waals surface area contributed by atoms with E-state index in [0.29, 0.717) is 0 Å². The predicted octanol–water partition coefficient (Wildman–Crippen LogP) is -0.245. The summed E-state index contributed by atoms with van der Waals surface area (Å²) >= 11 is 0. The van der Waals surface area contributed by atoms with E-state index < -0.39 is 0 Å². The third-order valence-corrected chi connectivity index (χ3v) is 0. The summed E-state index contributed by atoms with van der Waals surface area (Å²) in [5.41, 5.74) is 0. The van der Waals surface area contributed by atoms with E-state index in [1.807, 2.05) is 0 Å². The van der Waals surface area contributed by atoms with Gasteiger partial charge in [-0.05, 0) is 0 Å². The van der Waals surface area contributed by atoms with Crippen molar-refractivity contribution in [3.05, 3.63) is 0 Å². The van der Waals surface area contributed by atoms with E-state index in [9.17, 15) is 0 Å². The molecule has 5 heteroatoms. The molecule has 0 spiro atoms. The first kappa shape index (κ1) is 71.0. The molecule has 2 nitrogen and oxygen atoms in total. The van der Waals surface area contributed by atoms with Crippen LogP contribution in [-0.2, 0) is 69.4 Å². The van der Waals surface area contributed by atoms with Crippen molar-refractivity contribution in [2.75, 3.05) is 0 Å².